The van der Waals surface area contributed by atoms with Crippen LogP contribution in [0.3, 0.4) is 0 Å². The van der Waals surface area contributed by atoms with E-state index in [1.807, 2.05) is 31.5 Å². The molecule has 0 bridgehead atoms. The van der Waals surface area contributed by atoms with Crippen molar-refractivity contribution in [3.63, 3.8) is 0 Å². The molecular formula is C15H18N6O. The van der Waals surface area contributed by atoms with Crippen molar-refractivity contribution in [2.75, 3.05) is 12.8 Å². The number of aromatic nitrogens is 5. The molecule has 114 valence electrons. The summed E-state index contributed by atoms with van der Waals surface area (Å²) in [4.78, 5) is 17.3. The average molecular weight is 298 g/mol. The van der Waals surface area contributed by atoms with Crippen LogP contribution in [-0.2, 0) is 6.54 Å². The van der Waals surface area contributed by atoms with Crippen LogP contribution in [0, 0.1) is 20.8 Å². The van der Waals surface area contributed by atoms with E-state index in [1.165, 1.54) is 0 Å². The van der Waals surface area contributed by atoms with Crippen LogP contribution in [0.5, 0.6) is 5.75 Å². The van der Waals surface area contributed by atoms with Gasteiger partial charge < -0.3 is 15.0 Å². The van der Waals surface area contributed by atoms with Crippen LogP contribution >= 0.6 is 0 Å². The lowest BCUT2D eigenvalue weighted by Gasteiger charge is -2.12. The van der Waals surface area contributed by atoms with Gasteiger partial charge in [-0.15, -0.1) is 0 Å². The van der Waals surface area contributed by atoms with Gasteiger partial charge in [-0.2, -0.15) is 4.98 Å². The van der Waals surface area contributed by atoms with E-state index < -0.39 is 0 Å². The number of hydrogen-bond acceptors (Lipinski definition) is 6. The number of aryl methyl sites for hydroxylation is 2. The Hall–Kier alpha value is -2.70. The molecule has 2 N–H and O–H groups in total. The molecule has 0 aromatic carbocycles. The van der Waals surface area contributed by atoms with Gasteiger partial charge in [0.05, 0.1) is 31.4 Å². The number of ether oxygens (including phenoxy) is 1. The molecule has 0 atom stereocenters. The van der Waals surface area contributed by atoms with E-state index in [2.05, 4.69) is 19.9 Å². The SMILES string of the molecule is COc1c(C)cnc(Cn2cnc3c(C)nc(N)nc32)c1C. The minimum Gasteiger partial charge on any atom is -0.496 e. The number of fused-ring (bicyclic) bond motifs is 1. The zero-order chi connectivity index (χ0) is 15.9. The van der Waals surface area contributed by atoms with Gasteiger partial charge in [-0.25, -0.2) is 9.97 Å². The largest absolute Gasteiger partial charge is 0.496 e. The molecule has 3 aromatic rings. The van der Waals surface area contributed by atoms with E-state index in [1.54, 1.807) is 13.4 Å². The Balaban J connectivity index is 2.08. The van der Waals surface area contributed by atoms with Crippen LogP contribution < -0.4 is 10.5 Å². The Bertz CT molecular complexity index is 855. The maximum atomic E-state index is 5.74. The maximum absolute atomic E-state index is 5.74. The molecule has 0 spiro atoms. The Morgan fingerprint density at radius 1 is 1.18 bits per heavy atom. The van der Waals surface area contributed by atoms with E-state index in [4.69, 9.17) is 10.5 Å². The molecule has 22 heavy (non-hydrogen) atoms. The van der Waals surface area contributed by atoms with Gasteiger partial charge in [0.2, 0.25) is 5.95 Å². The molecular weight excluding hydrogens is 280 g/mol. The molecule has 3 heterocycles. The van der Waals surface area contributed by atoms with E-state index in [0.29, 0.717) is 12.2 Å². The summed E-state index contributed by atoms with van der Waals surface area (Å²) in [6.45, 7) is 6.40. The summed E-state index contributed by atoms with van der Waals surface area (Å²) in [5.74, 6) is 1.11. The Morgan fingerprint density at radius 2 is 1.95 bits per heavy atom. The van der Waals surface area contributed by atoms with E-state index in [9.17, 15) is 0 Å². The molecule has 0 aliphatic rings. The van der Waals surface area contributed by atoms with Crippen molar-refractivity contribution in [3.05, 3.63) is 35.0 Å². The van der Waals surface area contributed by atoms with Crippen molar-refractivity contribution in [1.29, 1.82) is 0 Å². The molecule has 0 unspecified atom stereocenters. The van der Waals surface area contributed by atoms with Gasteiger partial charge in [-0.3, -0.25) is 4.98 Å². The highest BCUT2D eigenvalue weighted by atomic mass is 16.5. The second-order valence-corrected chi connectivity index (χ2v) is 5.26. The molecule has 7 nitrogen and oxygen atoms in total. The van der Waals surface area contributed by atoms with Crippen LogP contribution in [0.25, 0.3) is 11.2 Å². The fraction of sp³-hybridized carbons (Fsp3) is 0.333. The van der Waals surface area contributed by atoms with Crippen LogP contribution in [0.1, 0.15) is 22.5 Å². The molecule has 3 rings (SSSR count). The molecule has 3 aromatic heterocycles. The lowest BCUT2D eigenvalue weighted by molar-refractivity contribution is 0.406. The number of hydrogen-bond donors (Lipinski definition) is 1. The predicted octanol–water partition coefficient (Wildman–Crippen LogP) is 1.79. The maximum Gasteiger partial charge on any atom is 0.222 e. The second kappa shape index (κ2) is 5.25. The molecule has 0 amide bonds. The van der Waals surface area contributed by atoms with Crippen LogP contribution in [-0.4, -0.2) is 31.6 Å². The first-order chi connectivity index (χ1) is 10.5. The van der Waals surface area contributed by atoms with Gasteiger partial charge >= 0.3 is 0 Å². The van der Waals surface area contributed by atoms with E-state index >= 15 is 0 Å². The first kappa shape index (κ1) is 14.2. The number of rotatable bonds is 3. The number of methoxy groups -OCH3 is 1. The van der Waals surface area contributed by atoms with Gasteiger partial charge in [0.15, 0.2) is 5.65 Å². The summed E-state index contributed by atoms with van der Waals surface area (Å²) in [6, 6.07) is 0. The van der Waals surface area contributed by atoms with Crippen LogP contribution in [0.4, 0.5) is 5.95 Å². The molecule has 0 aliphatic heterocycles. The number of pyridine rings is 1. The minimum absolute atomic E-state index is 0.248. The standard InChI is InChI=1S/C15H18N6O/c1-8-5-17-11(9(2)13(8)22-4)6-21-7-18-12-10(3)19-15(16)20-14(12)21/h5,7H,6H2,1-4H3,(H2,16,19,20). The monoisotopic (exact) mass is 298 g/mol. The average Bonchev–Trinajstić information content (AvgIpc) is 2.86. The predicted molar refractivity (Wildman–Crippen MR) is 83.8 cm³/mol. The molecule has 0 saturated carbocycles. The third kappa shape index (κ3) is 2.24. The van der Waals surface area contributed by atoms with Crippen molar-refractivity contribution in [2.45, 2.75) is 27.3 Å². The lowest BCUT2D eigenvalue weighted by atomic mass is 10.1. The van der Waals surface area contributed by atoms with Crippen molar-refractivity contribution in [2.24, 2.45) is 0 Å². The van der Waals surface area contributed by atoms with Gasteiger partial charge in [0, 0.05) is 17.3 Å². The highest BCUT2D eigenvalue weighted by Crippen LogP contribution is 2.25. The molecule has 7 heteroatoms. The Labute approximate surface area is 128 Å². The minimum atomic E-state index is 0.248. The van der Waals surface area contributed by atoms with Crippen molar-refractivity contribution >= 4 is 17.1 Å². The highest BCUT2D eigenvalue weighted by Gasteiger charge is 2.13. The van der Waals surface area contributed by atoms with E-state index in [0.717, 1.165) is 33.8 Å². The van der Waals surface area contributed by atoms with Crippen LogP contribution in [0.2, 0.25) is 0 Å². The summed E-state index contributed by atoms with van der Waals surface area (Å²) < 4.78 is 7.37. The zero-order valence-corrected chi connectivity index (χ0v) is 13.1. The number of nitrogens with two attached hydrogens (primary N) is 1. The highest BCUT2D eigenvalue weighted by molar-refractivity contribution is 5.74. The summed E-state index contributed by atoms with van der Waals surface area (Å²) in [5.41, 5.74) is 10.9. The van der Waals surface area contributed by atoms with Crippen LogP contribution in [0.15, 0.2) is 12.5 Å². The first-order valence-corrected chi connectivity index (χ1v) is 6.95. The second-order valence-electron chi connectivity index (χ2n) is 5.26. The number of anilines is 1. The van der Waals surface area contributed by atoms with Gasteiger partial charge in [0.1, 0.15) is 11.3 Å². The summed E-state index contributed by atoms with van der Waals surface area (Å²) in [7, 11) is 1.67. The summed E-state index contributed by atoms with van der Waals surface area (Å²) >= 11 is 0. The fourth-order valence-corrected chi connectivity index (χ4v) is 2.61. The zero-order valence-electron chi connectivity index (χ0n) is 13.1. The molecule has 0 saturated heterocycles. The molecule has 0 radical (unpaired) electrons. The Morgan fingerprint density at radius 3 is 2.68 bits per heavy atom. The summed E-state index contributed by atoms with van der Waals surface area (Å²) in [5, 5.41) is 0. The lowest BCUT2D eigenvalue weighted by Crippen LogP contribution is -2.07. The van der Waals surface area contributed by atoms with Crippen molar-refractivity contribution in [3.8, 4) is 5.75 Å². The van der Waals surface area contributed by atoms with Gasteiger partial charge in [-0.05, 0) is 20.8 Å². The topological polar surface area (TPSA) is 91.7 Å². The third-order valence-corrected chi connectivity index (χ3v) is 3.73. The number of nitrogens with zero attached hydrogens (tertiary/aromatic N) is 5. The van der Waals surface area contributed by atoms with Gasteiger partial charge in [0.25, 0.3) is 0 Å². The first-order valence-electron chi connectivity index (χ1n) is 6.95. The van der Waals surface area contributed by atoms with Gasteiger partial charge in [-0.1, -0.05) is 0 Å². The molecule has 0 aliphatic carbocycles. The Kier molecular flexibility index (Phi) is 3.40. The summed E-state index contributed by atoms with van der Waals surface area (Å²) in [6.07, 6.45) is 3.55. The number of imidazole rings is 1. The number of nitrogen functional groups attached to an aromatic ring is 1. The third-order valence-electron chi connectivity index (χ3n) is 3.73. The van der Waals surface area contributed by atoms with E-state index in [-0.39, 0.29) is 5.95 Å². The quantitative estimate of drug-likeness (QED) is 0.792. The smallest absolute Gasteiger partial charge is 0.222 e. The van der Waals surface area contributed by atoms with Crippen molar-refractivity contribution in [1.82, 2.24) is 24.5 Å². The molecule has 0 fully saturated rings. The van der Waals surface area contributed by atoms with Crippen molar-refractivity contribution < 1.29 is 4.74 Å². The fourth-order valence-electron chi connectivity index (χ4n) is 2.61. The normalized spacial score (nSPS) is 11.1.